The lowest BCUT2D eigenvalue weighted by atomic mass is 10.2. The highest BCUT2D eigenvalue weighted by molar-refractivity contribution is 8.04. The van der Waals surface area contributed by atoms with Gasteiger partial charge in [0.05, 0.1) is 9.82 Å². The van der Waals surface area contributed by atoms with Crippen molar-refractivity contribution in [3.8, 4) is 0 Å². The Morgan fingerprint density at radius 3 is 2.58 bits per heavy atom. The van der Waals surface area contributed by atoms with Crippen molar-refractivity contribution in [2.24, 2.45) is 0 Å². The zero-order valence-corrected chi connectivity index (χ0v) is 14.8. The van der Waals surface area contributed by atoms with Gasteiger partial charge in [-0.1, -0.05) is 25.1 Å². The molecule has 0 aliphatic carbocycles. The van der Waals surface area contributed by atoms with E-state index < -0.39 is 26.4 Å². The fourth-order valence-corrected chi connectivity index (χ4v) is 5.24. The first-order valence-electron chi connectivity index (χ1n) is 7.52. The Balaban J connectivity index is 2.56. The summed E-state index contributed by atoms with van der Waals surface area (Å²) in [6.07, 6.45) is 1.03. The van der Waals surface area contributed by atoms with Gasteiger partial charge in [-0.3, -0.25) is 19.2 Å². The van der Waals surface area contributed by atoms with Crippen LogP contribution in [0.1, 0.15) is 26.2 Å². The summed E-state index contributed by atoms with van der Waals surface area (Å²) in [4.78, 5) is 22.9. The number of carbonyl (C=O) groups is 1. The number of Topliss-reactive ketones (excluding diaryl/α,β-unsaturated/α-hetero) is 1. The SMILES string of the molecule is CCCC(=O)C(=C1SCCCN1S(=O)(=O)c1ccccc1)[N+](=O)[O-]. The lowest BCUT2D eigenvalue weighted by molar-refractivity contribution is -0.420. The molecule has 1 saturated heterocycles. The third-order valence-corrected chi connectivity index (χ3v) is 6.54. The second kappa shape index (κ2) is 7.80. The molecule has 1 fully saturated rings. The van der Waals surface area contributed by atoms with Gasteiger partial charge in [0.2, 0.25) is 5.78 Å². The molecule has 0 N–H and O–H groups in total. The number of hydrogen-bond donors (Lipinski definition) is 0. The van der Waals surface area contributed by atoms with Crippen LogP contribution in [-0.4, -0.2) is 35.7 Å². The van der Waals surface area contributed by atoms with Crippen LogP contribution < -0.4 is 0 Å². The van der Waals surface area contributed by atoms with E-state index in [1.807, 2.05) is 0 Å². The van der Waals surface area contributed by atoms with Crippen molar-refractivity contribution in [2.75, 3.05) is 12.3 Å². The molecule has 0 saturated carbocycles. The highest BCUT2D eigenvalue weighted by Crippen LogP contribution is 2.35. The molecule has 0 bridgehead atoms. The van der Waals surface area contributed by atoms with E-state index in [0.717, 1.165) is 16.1 Å². The molecule has 1 aromatic rings. The average Bonchev–Trinajstić information content (AvgIpc) is 2.56. The molecule has 1 aromatic carbocycles. The number of allylic oxidation sites excluding steroid dienone is 1. The molecule has 24 heavy (non-hydrogen) atoms. The van der Waals surface area contributed by atoms with Crippen molar-refractivity contribution in [2.45, 2.75) is 31.1 Å². The zero-order valence-electron chi connectivity index (χ0n) is 13.2. The van der Waals surface area contributed by atoms with Crippen LogP contribution >= 0.6 is 11.8 Å². The quantitative estimate of drug-likeness (QED) is 0.434. The van der Waals surface area contributed by atoms with E-state index >= 15 is 0 Å². The van der Waals surface area contributed by atoms with Crippen LogP contribution in [0.4, 0.5) is 0 Å². The lowest BCUT2D eigenvalue weighted by Crippen LogP contribution is -2.36. The van der Waals surface area contributed by atoms with E-state index in [1.54, 1.807) is 25.1 Å². The van der Waals surface area contributed by atoms with Crippen molar-refractivity contribution in [3.05, 3.63) is 51.2 Å². The predicted molar refractivity (Wildman–Crippen MR) is 91.3 cm³/mol. The van der Waals surface area contributed by atoms with Gasteiger partial charge in [-0.05, 0) is 25.0 Å². The third kappa shape index (κ3) is 3.78. The second-order valence-electron chi connectivity index (χ2n) is 5.18. The minimum Gasteiger partial charge on any atom is -0.287 e. The fourth-order valence-electron chi connectivity index (χ4n) is 2.33. The molecule has 1 aliphatic heterocycles. The van der Waals surface area contributed by atoms with E-state index in [9.17, 15) is 23.3 Å². The van der Waals surface area contributed by atoms with Crippen LogP contribution in [0.2, 0.25) is 0 Å². The lowest BCUT2D eigenvalue weighted by Gasteiger charge is -2.29. The minimum atomic E-state index is -3.94. The Hall–Kier alpha value is -1.87. The molecule has 1 heterocycles. The molecule has 130 valence electrons. The van der Waals surface area contributed by atoms with Gasteiger partial charge in [-0.2, -0.15) is 0 Å². The standard InChI is InChI=1S/C15H18N2O5S2/c1-2-7-13(18)14(17(19)20)15-16(10-6-11-23-15)24(21,22)12-8-4-3-5-9-12/h3-5,8-9H,2,6-7,10-11H2,1H3. The predicted octanol–water partition coefficient (Wildman–Crippen LogP) is 2.63. The number of nitrogens with zero attached hydrogens (tertiary/aromatic N) is 2. The highest BCUT2D eigenvalue weighted by atomic mass is 32.2. The first-order valence-corrected chi connectivity index (χ1v) is 9.94. The molecule has 0 unspecified atom stereocenters. The van der Waals surface area contributed by atoms with Gasteiger partial charge >= 0.3 is 5.70 Å². The Morgan fingerprint density at radius 1 is 1.33 bits per heavy atom. The third-order valence-electron chi connectivity index (χ3n) is 3.43. The average molecular weight is 370 g/mol. The highest BCUT2D eigenvalue weighted by Gasteiger charge is 2.38. The summed E-state index contributed by atoms with van der Waals surface area (Å²) >= 11 is 1.05. The maximum atomic E-state index is 12.8. The number of rotatable bonds is 6. The number of nitro groups is 1. The number of hydrogen-bond acceptors (Lipinski definition) is 6. The molecule has 0 atom stereocenters. The van der Waals surface area contributed by atoms with Gasteiger partial charge in [0.25, 0.3) is 10.0 Å². The van der Waals surface area contributed by atoms with Crippen LogP contribution in [0, 0.1) is 10.1 Å². The Bertz CT molecular complexity index is 759. The maximum absolute atomic E-state index is 12.8. The van der Waals surface area contributed by atoms with Gasteiger partial charge in [0.1, 0.15) is 0 Å². The van der Waals surface area contributed by atoms with Gasteiger partial charge in [-0.15, -0.1) is 11.8 Å². The Morgan fingerprint density at radius 2 is 2.00 bits per heavy atom. The van der Waals surface area contributed by atoms with Gasteiger partial charge in [0.15, 0.2) is 5.03 Å². The minimum absolute atomic E-state index is 0.0135. The van der Waals surface area contributed by atoms with E-state index in [4.69, 9.17) is 0 Å². The number of benzene rings is 1. The van der Waals surface area contributed by atoms with Crippen molar-refractivity contribution in [1.29, 1.82) is 0 Å². The normalized spacial score (nSPS) is 17.5. The molecular formula is C15H18N2O5S2. The fraction of sp³-hybridized carbons (Fsp3) is 0.400. The summed E-state index contributed by atoms with van der Waals surface area (Å²) < 4.78 is 26.7. The van der Waals surface area contributed by atoms with Crippen molar-refractivity contribution in [1.82, 2.24) is 4.31 Å². The summed E-state index contributed by atoms with van der Waals surface area (Å²) in [5.41, 5.74) is -0.624. The smallest absolute Gasteiger partial charge is 0.287 e. The van der Waals surface area contributed by atoms with E-state index in [0.29, 0.717) is 18.6 Å². The second-order valence-corrected chi connectivity index (χ2v) is 8.12. The topological polar surface area (TPSA) is 97.6 Å². The van der Waals surface area contributed by atoms with Gasteiger partial charge in [0, 0.05) is 18.7 Å². The molecule has 2 rings (SSSR count). The Kier molecular flexibility index (Phi) is 6.00. The monoisotopic (exact) mass is 370 g/mol. The molecule has 7 nitrogen and oxygen atoms in total. The molecule has 0 spiro atoms. The van der Waals surface area contributed by atoms with Crippen molar-refractivity contribution in [3.63, 3.8) is 0 Å². The summed E-state index contributed by atoms with van der Waals surface area (Å²) in [5, 5.41) is 11.3. The summed E-state index contributed by atoms with van der Waals surface area (Å²) in [7, 11) is -3.94. The van der Waals surface area contributed by atoms with Gasteiger partial charge < -0.3 is 0 Å². The molecule has 0 amide bonds. The number of carbonyl (C=O) groups excluding carboxylic acids is 1. The van der Waals surface area contributed by atoms with Crippen LogP contribution in [0.3, 0.4) is 0 Å². The first kappa shape index (κ1) is 18.5. The summed E-state index contributed by atoms with van der Waals surface area (Å²) in [5.74, 6) is -0.104. The maximum Gasteiger partial charge on any atom is 0.342 e. The molecular weight excluding hydrogens is 352 g/mol. The summed E-state index contributed by atoms with van der Waals surface area (Å²) in [6.45, 7) is 1.86. The van der Waals surface area contributed by atoms with Crippen LogP contribution in [0.5, 0.6) is 0 Å². The van der Waals surface area contributed by atoms with Crippen LogP contribution in [0.15, 0.2) is 46.0 Å². The molecule has 0 radical (unpaired) electrons. The number of ketones is 1. The van der Waals surface area contributed by atoms with E-state index in [-0.39, 0.29) is 22.9 Å². The van der Waals surface area contributed by atoms with Crippen molar-refractivity contribution >= 4 is 27.6 Å². The summed E-state index contributed by atoms with van der Waals surface area (Å²) in [6, 6.07) is 7.74. The van der Waals surface area contributed by atoms with Crippen molar-refractivity contribution < 1.29 is 18.1 Å². The zero-order chi connectivity index (χ0) is 17.7. The van der Waals surface area contributed by atoms with E-state index in [2.05, 4.69) is 0 Å². The van der Waals surface area contributed by atoms with E-state index in [1.165, 1.54) is 12.1 Å². The molecule has 9 heteroatoms. The molecule has 1 aliphatic rings. The Labute approximate surface area is 144 Å². The van der Waals surface area contributed by atoms with Gasteiger partial charge in [-0.25, -0.2) is 8.42 Å². The van der Waals surface area contributed by atoms with Crippen LogP contribution in [-0.2, 0) is 14.8 Å². The number of sulfonamides is 1. The largest absolute Gasteiger partial charge is 0.342 e. The van der Waals surface area contributed by atoms with Crippen LogP contribution in [0.25, 0.3) is 0 Å². The molecule has 0 aromatic heterocycles. The number of thioether (sulfide) groups is 1. The first-order chi connectivity index (χ1) is 11.4.